The maximum absolute atomic E-state index is 5.98. The van der Waals surface area contributed by atoms with Crippen molar-refractivity contribution in [1.82, 2.24) is 14.5 Å². The number of benzene rings is 4. The van der Waals surface area contributed by atoms with Crippen molar-refractivity contribution in [2.24, 2.45) is 9.98 Å². The van der Waals surface area contributed by atoms with Gasteiger partial charge < -0.3 is 14.0 Å². The Labute approximate surface area is 284 Å². The lowest BCUT2D eigenvalue weighted by Gasteiger charge is -2.12. The Balaban J connectivity index is 1.28. The van der Waals surface area contributed by atoms with E-state index in [0.717, 1.165) is 56.0 Å². The molecule has 240 valence electrons. The zero-order chi connectivity index (χ0) is 33.3. The van der Waals surface area contributed by atoms with E-state index in [-0.39, 0.29) is 11.1 Å². The van der Waals surface area contributed by atoms with Crippen LogP contribution in [0.4, 0.5) is 0 Å². The van der Waals surface area contributed by atoms with Crippen molar-refractivity contribution >= 4 is 44.4 Å². The molecule has 0 amide bonds. The monoisotopic (exact) mass is 641 g/mol. The molecule has 0 saturated heterocycles. The number of hydrogen-bond donors (Lipinski definition) is 0. The number of para-hydroxylation sites is 1. The summed E-state index contributed by atoms with van der Waals surface area (Å²) in [5.41, 5.74) is 8.07. The summed E-state index contributed by atoms with van der Waals surface area (Å²) in [5, 5.41) is 4.68. The Bertz CT molecular complexity index is 2510. The minimum Gasteiger partial charge on any atom is -0.474 e. The van der Waals surface area contributed by atoms with Crippen LogP contribution < -0.4 is 0 Å². The van der Waals surface area contributed by atoms with Gasteiger partial charge in [0.25, 0.3) is 0 Å². The highest BCUT2D eigenvalue weighted by atomic mass is 16.5. The van der Waals surface area contributed by atoms with Crippen molar-refractivity contribution in [3.05, 3.63) is 127 Å². The maximum Gasteiger partial charge on any atom is 0.236 e. The molecular formula is C42H35N5O2. The lowest BCUT2D eigenvalue weighted by Crippen LogP contribution is -2.17. The molecule has 4 aromatic carbocycles. The summed E-state index contributed by atoms with van der Waals surface area (Å²) in [7, 11) is 0. The van der Waals surface area contributed by atoms with E-state index >= 15 is 0 Å². The van der Waals surface area contributed by atoms with E-state index in [9.17, 15) is 0 Å². The van der Waals surface area contributed by atoms with Crippen LogP contribution in [-0.2, 0) is 9.47 Å². The zero-order valence-electron chi connectivity index (χ0n) is 27.9. The molecule has 0 spiro atoms. The first-order valence-corrected chi connectivity index (χ1v) is 16.7. The molecule has 0 atom stereocenters. The fourth-order valence-electron chi connectivity index (χ4n) is 6.95. The van der Waals surface area contributed by atoms with E-state index in [1.165, 1.54) is 16.2 Å². The fourth-order valence-corrected chi connectivity index (χ4v) is 6.95. The number of fused-ring (bicyclic) bond motifs is 5. The van der Waals surface area contributed by atoms with Gasteiger partial charge in [0.1, 0.15) is 24.6 Å². The molecule has 2 aliphatic rings. The second kappa shape index (κ2) is 10.9. The van der Waals surface area contributed by atoms with Crippen molar-refractivity contribution in [3.8, 4) is 28.2 Å². The number of rotatable bonds is 5. The first-order chi connectivity index (χ1) is 23.7. The third-order valence-corrected chi connectivity index (χ3v) is 9.23. The first kappa shape index (κ1) is 29.3. The van der Waals surface area contributed by atoms with Gasteiger partial charge in [-0.3, -0.25) is 0 Å². The summed E-state index contributed by atoms with van der Waals surface area (Å²) in [6.45, 7) is 9.39. The Hall–Kier alpha value is -5.82. The van der Waals surface area contributed by atoms with Crippen molar-refractivity contribution in [3.63, 3.8) is 0 Å². The molecule has 0 bridgehead atoms. The second-order valence-corrected chi connectivity index (χ2v) is 14.1. The van der Waals surface area contributed by atoms with Crippen molar-refractivity contribution in [1.29, 1.82) is 0 Å². The Kier molecular flexibility index (Phi) is 6.50. The molecule has 7 heteroatoms. The molecule has 3 aromatic heterocycles. The van der Waals surface area contributed by atoms with Gasteiger partial charge in [0, 0.05) is 27.6 Å². The summed E-state index contributed by atoms with van der Waals surface area (Å²) < 4.78 is 14.3. The number of nitrogens with zero attached hydrogens (tertiary/aromatic N) is 5. The molecule has 0 unspecified atom stereocenters. The van der Waals surface area contributed by atoms with Gasteiger partial charge in [0.2, 0.25) is 11.8 Å². The largest absolute Gasteiger partial charge is 0.474 e. The summed E-state index contributed by atoms with van der Waals surface area (Å²) in [6.07, 6.45) is 0. The molecule has 7 nitrogen and oxygen atoms in total. The van der Waals surface area contributed by atoms with Crippen LogP contribution in [0.1, 0.15) is 39.1 Å². The SMILES string of the molecule is CC1(C)COC(c2cccc(-c3ccc4c5c6ccccc6c(-c6cccc(C7=NC(C)(C)CO7)n6)cc5n(-c5ccccc5)c4c3)n2)=N1. The van der Waals surface area contributed by atoms with E-state index in [1.54, 1.807) is 0 Å². The van der Waals surface area contributed by atoms with Crippen molar-refractivity contribution < 1.29 is 9.47 Å². The Morgan fingerprint density at radius 3 is 1.78 bits per heavy atom. The van der Waals surface area contributed by atoms with Crippen LogP contribution >= 0.6 is 0 Å². The standard InChI is InChI=1S/C42H35N5O2/c1-41(2)24-48-39(45-41)34-18-10-16-32(43-34)26-20-21-30-36(22-26)47(27-12-6-5-7-13-27)37-23-31(28-14-8-9-15-29(28)38(30)37)33-17-11-19-35(44-33)40-46-42(3,4)25-49-40/h5-23H,24-25H2,1-4H3. The van der Waals surface area contributed by atoms with Crippen LogP contribution in [0.15, 0.2) is 125 Å². The van der Waals surface area contributed by atoms with Gasteiger partial charge in [-0.2, -0.15) is 0 Å². The van der Waals surface area contributed by atoms with Crippen LogP contribution in [0.3, 0.4) is 0 Å². The van der Waals surface area contributed by atoms with Gasteiger partial charge in [0.15, 0.2) is 0 Å². The summed E-state index contributed by atoms with van der Waals surface area (Å²) >= 11 is 0. The molecular weight excluding hydrogens is 606 g/mol. The quantitative estimate of drug-likeness (QED) is 0.188. The molecule has 0 fully saturated rings. The van der Waals surface area contributed by atoms with E-state index in [4.69, 9.17) is 29.4 Å². The van der Waals surface area contributed by atoms with E-state index < -0.39 is 0 Å². The summed E-state index contributed by atoms with van der Waals surface area (Å²) in [5.74, 6) is 1.19. The molecule has 9 rings (SSSR count). The Morgan fingerprint density at radius 2 is 1.12 bits per heavy atom. The maximum atomic E-state index is 5.98. The predicted octanol–water partition coefficient (Wildman–Crippen LogP) is 9.17. The predicted molar refractivity (Wildman–Crippen MR) is 198 cm³/mol. The highest BCUT2D eigenvalue weighted by Gasteiger charge is 2.29. The molecule has 0 saturated carbocycles. The molecule has 49 heavy (non-hydrogen) atoms. The number of aromatic nitrogens is 3. The van der Waals surface area contributed by atoms with Gasteiger partial charge in [-0.15, -0.1) is 0 Å². The third-order valence-electron chi connectivity index (χ3n) is 9.23. The number of ether oxygens (including phenoxy) is 2. The lowest BCUT2D eigenvalue weighted by molar-refractivity contribution is 0.279. The lowest BCUT2D eigenvalue weighted by atomic mass is 9.96. The molecule has 2 aliphatic heterocycles. The highest BCUT2D eigenvalue weighted by molar-refractivity contribution is 6.24. The third kappa shape index (κ3) is 5.05. The summed E-state index contributed by atoms with van der Waals surface area (Å²) in [4.78, 5) is 19.7. The normalized spacial score (nSPS) is 16.5. The number of hydrogen-bond acceptors (Lipinski definition) is 6. The average Bonchev–Trinajstić information content (AvgIpc) is 3.79. The van der Waals surface area contributed by atoms with Crippen LogP contribution in [0, 0.1) is 0 Å². The Morgan fingerprint density at radius 1 is 0.531 bits per heavy atom. The van der Waals surface area contributed by atoms with Gasteiger partial charge >= 0.3 is 0 Å². The van der Waals surface area contributed by atoms with Gasteiger partial charge in [-0.25, -0.2) is 20.0 Å². The average molecular weight is 642 g/mol. The summed E-state index contributed by atoms with van der Waals surface area (Å²) in [6, 6.07) is 40.2. The molecule has 0 aliphatic carbocycles. The second-order valence-electron chi connectivity index (χ2n) is 14.1. The number of pyridine rings is 2. The topological polar surface area (TPSA) is 73.9 Å². The molecule has 0 radical (unpaired) electrons. The van der Waals surface area contributed by atoms with E-state index in [2.05, 4.69) is 117 Å². The zero-order valence-corrected chi connectivity index (χ0v) is 27.9. The minimum absolute atomic E-state index is 0.254. The van der Waals surface area contributed by atoms with Crippen molar-refractivity contribution in [2.45, 2.75) is 38.8 Å². The minimum atomic E-state index is -0.264. The molecule has 7 aromatic rings. The van der Waals surface area contributed by atoms with Crippen LogP contribution in [0.25, 0.3) is 60.8 Å². The van der Waals surface area contributed by atoms with Crippen LogP contribution in [0.2, 0.25) is 0 Å². The van der Waals surface area contributed by atoms with E-state index in [1.807, 2.05) is 30.3 Å². The van der Waals surface area contributed by atoms with Crippen LogP contribution in [0.5, 0.6) is 0 Å². The highest BCUT2D eigenvalue weighted by Crippen LogP contribution is 2.42. The fraction of sp³-hybridized carbons (Fsp3) is 0.190. The van der Waals surface area contributed by atoms with Gasteiger partial charge in [0.05, 0.1) is 33.5 Å². The van der Waals surface area contributed by atoms with Gasteiger partial charge in [-0.1, -0.05) is 66.7 Å². The van der Waals surface area contributed by atoms with Crippen LogP contribution in [-0.4, -0.2) is 50.6 Å². The van der Waals surface area contributed by atoms with Crippen molar-refractivity contribution in [2.75, 3.05) is 13.2 Å². The smallest absolute Gasteiger partial charge is 0.236 e. The number of aliphatic imine (C=N–C) groups is 2. The van der Waals surface area contributed by atoms with Gasteiger partial charge in [-0.05, 0) is 87.0 Å². The van der Waals surface area contributed by atoms with E-state index in [0.29, 0.717) is 25.0 Å². The molecule has 5 heterocycles. The molecule has 0 N–H and O–H groups in total. The first-order valence-electron chi connectivity index (χ1n) is 16.7.